The van der Waals surface area contributed by atoms with Crippen molar-refractivity contribution in [2.75, 3.05) is 0 Å². The molecule has 0 amide bonds. The van der Waals surface area contributed by atoms with Gasteiger partial charge in [0.25, 0.3) is 0 Å². The highest BCUT2D eigenvalue weighted by atomic mass is 28.3. The topological polar surface area (TPSA) is 14.8 Å². The Morgan fingerprint density at radius 2 is 0.688 bits per heavy atom. The largest absolute Gasteiger partial charge is 0.309 e. The van der Waals surface area contributed by atoms with E-state index in [4.69, 9.17) is 0 Å². The molecule has 0 fully saturated rings. The second-order valence-corrected chi connectivity index (χ2v) is 20.7. The van der Waals surface area contributed by atoms with Gasteiger partial charge in [-0.15, -0.1) is 0 Å². The molecule has 0 saturated heterocycles. The molecular formula is C60H41N3Si. The van der Waals surface area contributed by atoms with Gasteiger partial charge >= 0.3 is 0 Å². The lowest BCUT2D eigenvalue weighted by Crippen LogP contribution is -2.74. The lowest BCUT2D eigenvalue weighted by Gasteiger charge is -2.34. The number of fused-ring (bicyclic) bond motifs is 9. The molecule has 0 atom stereocenters. The summed E-state index contributed by atoms with van der Waals surface area (Å²) in [6.07, 6.45) is 0. The van der Waals surface area contributed by atoms with Crippen molar-refractivity contribution < 1.29 is 0 Å². The van der Waals surface area contributed by atoms with Gasteiger partial charge in [-0.05, 0) is 81.4 Å². The monoisotopic (exact) mass is 831 g/mol. The van der Waals surface area contributed by atoms with Crippen LogP contribution in [0.5, 0.6) is 0 Å². The van der Waals surface area contributed by atoms with E-state index in [0.717, 1.165) is 17.1 Å². The first kappa shape index (κ1) is 36.5. The average molecular weight is 832 g/mol. The van der Waals surface area contributed by atoms with Crippen LogP contribution in [0, 0.1) is 0 Å². The van der Waals surface area contributed by atoms with Crippen LogP contribution in [0.2, 0.25) is 0 Å². The Labute approximate surface area is 372 Å². The van der Waals surface area contributed by atoms with Gasteiger partial charge in [0.15, 0.2) is 8.07 Å². The average Bonchev–Trinajstić information content (AvgIpc) is 4.01. The molecule has 13 aromatic rings. The number of hydrogen-bond donors (Lipinski definition) is 0. The van der Waals surface area contributed by atoms with E-state index in [9.17, 15) is 0 Å². The minimum Gasteiger partial charge on any atom is -0.309 e. The van der Waals surface area contributed by atoms with Crippen LogP contribution in [0.3, 0.4) is 0 Å². The Morgan fingerprint density at radius 1 is 0.234 bits per heavy atom. The fourth-order valence-electron chi connectivity index (χ4n) is 10.9. The van der Waals surface area contributed by atoms with E-state index in [1.165, 1.54) is 86.2 Å². The Morgan fingerprint density at radius 3 is 1.25 bits per heavy atom. The quantitative estimate of drug-likeness (QED) is 0.112. The molecule has 13 rings (SSSR count). The molecule has 10 aromatic carbocycles. The second kappa shape index (κ2) is 14.5. The summed E-state index contributed by atoms with van der Waals surface area (Å²) in [4.78, 5) is 0. The van der Waals surface area contributed by atoms with E-state index in [0.29, 0.717) is 0 Å². The number of benzene rings is 10. The molecule has 0 aliphatic rings. The fraction of sp³-hybridized carbons (Fsp3) is 0. The smallest absolute Gasteiger partial charge is 0.179 e. The van der Waals surface area contributed by atoms with Crippen molar-refractivity contribution in [1.82, 2.24) is 13.7 Å². The summed E-state index contributed by atoms with van der Waals surface area (Å²) in [5, 5.41) is 12.9. The molecule has 3 aromatic heterocycles. The highest BCUT2D eigenvalue weighted by Crippen LogP contribution is 2.41. The van der Waals surface area contributed by atoms with Crippen molar-refractivity contribution in [1.29, 1.82) is 0 Å². The van der Waals surface area contributed by atoms with Crippen LogP contribution < -0.4 is 20.7 Å². The Hall–Kier alpha value is -8.18. The molecule has 0 bridgehead atoms. The molecule has 3 nitrogen and oxygen atoms in total. The van der Waals surface area contributed by atoms with Crippen LogP contribution >= 0.6 is 0 Å². The van der Waals surface area contributed by atoms with Gasteiger partial charge in [0.1, 0.15) is 0 Å². The van der Waals surface area contributed by atoms with Gasteiger partial charge in [-0.2, -0.15) is 0 Å². The summed E-state index contributed by atoms with van der Waals surface area (Å²) >= 11 is 0. The third kappa shape index (κ3) is 5.27. The number of rotatable bonds is 7. The fourth-order valence-corrected chi connectivity index (χ4v) is 15.7. The molecule has 0 saturated carbocycles. The molecule has 0 aliphatic carbocycles. The first-order chi connectivity index (χ1) is 31.8. The van der Waals surface area contributed by atoms with Crippen molar-refractivity contribution >= 4 is 94.2 Å². The van der Waals surface area contributed by atoms with Crippen molar-refractivity contribution in [3.05, 3.63) is 249 Å². The van der Waals surface area contributed by atoms with E-state index < -0.39 is 8.07 Å². The van der Waals surface area contributed by atoms with Crippen LogP contribution in [0.25, 0.3) is 82.5 Å². The Bertz CT molecular complexity index is 3730. The maximum atomic E-state index is 2.54. The standard InChI is InChI=1S/C60H41N3Si/c1-5-20-42(21-6-1)62-57-39-36-43(61-54-32-16-13-28-48(54)49-29-14-17-33-55(49)61)40-53(57)52-31-19-35-58(60(52)62)63-56-34-18-15-30-50(56)51-38-37-47(41-59(51)63)64(44-22-7-2-8-23-44,45-24-9-3-10-25-45)46-26-11-4-12-27-46/h1-41H. The van der Waals surface area contributed by atoms with E-state index in [-0.39, 0.29) is 0 Å². The first-order valence-electron chi connectivity index (χ1n) is 22.1. The molecule has 300 valence electrons. The normalized spacial score (nSPS) is 12.1. The summed E-state index contributed by atoms with van der Waals surface area (Å²) in [7, 11) is -2.83. The third-order valence-corrected chi connectivity index (χ3v) is 18.3. The number of hydrogen-bond acceptors (Lipinski definition) is 0. The molecule has 0 unspecified atom stereocenters. The number of aromatic nitrogens is 3. The summed E-state index contributed by atoms with van der Waals surface area (Å²) in [5.41, 5.74) is 10.6. The van der Waals surface area contributed by atoms with E-state index in [2.05, 4.69) is 262 Å². The molecule has 3 heterocycles. The molecular weight excluding hydrogens is 791 g/mol. The van der Waals surface area contributed by atoms with Crippen molar-refractivity contribution in [2.24, 2.45) is 0 Å². The first-order valence-corrected chi connectivity index (χ1v) is 24.1. The van der Waals surface area contributed by atoms with Crippen LogP contribution in [0.1, 0.15) is 0 Å². The summed E-state index contributed by atoms with van der Waals surface area (Å²) in [6, 6.07) is 92.3. The minimum atomic E-state index is -2.83. The molecule has 0 radical (unpaired) electrons. The zero-order valence-electron chi connectivity index (χ0n) is 35.0. The molecule has 64 heavy (non-hydrogen) atoms. The van der Waals surface area contributed by atoms with Crippen LogP contribution in [0.4, 0.5) is 0 Å². The van der Waals surface area contributed by atoms with E-state index in [1.54, 1.807) is 0 Å². The van der Waals surface area contributed by atoms with Gasteiger partial charge in [0.2, 0.25) is 0 Å². The Balaban J connectivity index is 1.14. The van der Waals surface area contributed by atoms with Crippen LogP contribution in [0.15, 0.2) is 249 Å². The second-order valence-electron chi connectivity index (χ2n) is 16.8. The van der Waals surface area contributed by atoms with Crippen LogP contribution in [-0.2, 0) is 0 Å². The number of para-hydroxylation sites is 5. The molecule has 0 N–H and O–H groups in total. The maximum absolute atomic E-state index is 2.83. The zero-order chi connectivity index (χ0) is 42.2. The predicted octanol–water partition coefficient (Wildman–Crippen LogP) is 12.4. The number of nitrogens with zero attached hydrogens (tertiary/aromatic N) is 3. The minimum absolute atomic E-state index is 1.13. The Kier molecular flexibility index (Phi) is 8.23. The third-order valence-electron chi connectivity index (χ3n) is 13.6. The maximum Gasteiger partial charge on any atom is 0.179 e. The van der Waals surface area contributed by atoms with Gasteiger partial charge in [-0.1, -0.05) is 188 Å². The highest BCUT2D eigenvalue weighted by Gasteiger charge is 2.41. The molecule has 0 spiro atoms. The van der Waals surface area contributed by atoms with Gasteiger partial charge < -0.3 is 13.7 Å². The summed E-state index contributed by atoms with van der Waals surface area (Å²) in [6.45, 7) is 0. The summed E-state index contributed by atoms with van der Waals surface area (Å²) < 4.78 is 7.45. The molecule has 0 aliphatic heterocycles. The van der Waals surface area contributed by atoms with Crippen LogP contribution in [-0.4, -0.2) is 21.8 Å². The highest BCUT2D eigenvalue weighted by molar-refractivity contribution is 7.20. The SMILES string of the molecule is c1ccc(-n2c3ccc(-n4c5ccccc5c5ccccc54)cc3c3cccc(-n4c5ccccc5c5ccc([Si](c6ccccc6)(c6ccccc6)c6ccccc6)cc54)c32)cc1. The molecule has 4 heteroatoms. The summed E-state index contributed by atoms with van der Waals surface area (Å²) in [5.74, 6) is 0. The lowest BCUT2D eigenvalue weighted by molar-refractivity contribution is 1.13. The van der Waals surface area contributed by atoms with Crippen molar-refractivity contribution in [3.63, 3.8) is 0 Å². The van der Waals surface area contributed by atoms with Gasteiger partial charge in [-0.25, -0.2) is 0 Å². The predicted molar refractivity (Wildman–Crippen MR) is 273 cm³/mol. The van der Waals surface area contributed by atoms with Gasteiger partial charge in [0, 0.05) is 43.7 Å². The van der Waals surface area contributed by atoms with Gasteiger partial charge in [-0.3, -0.25) is 0 Å². The van der Waals surface area contributed by atoms with Gasteiger partial charge in [0.05, 0.1) is 38.8 Å². The van der Waals surface area contributed by atoms with Crippen molar-refractivity contribution in [3.8, 4) is 17.1 Å². The van der Waals surface area contributed by atoms with Crippen molar-refractivity contribution in [2.45, 2.75) is 0 Å². The van der Waals surface area contributed by atoms with E-state index in [1.807, 2.05) is 0 Å². The lowest BCUT2D eigenvalue weighted by atomic mass is 10.1. The zero-order valence-corrected chi connectivity index (χ0v) is 36.0. The van der Waals surface area contributed by atoms with E-state index >= 15 is 0 Å².